The summed E-state index contributed by atoms with van der Waals surface area (Å²) in [6.07, 6.45) is 0. The maximum absolute atomic E-state index is 12.0. The van der Waals surface area contributed by atoms with Gasteiger partial charge in [-0.25, -0.2) is 4.79 Å². The van der Waals surface area contributed by atoms with Crippen LogP contribution in [0.2, 0.25) is 0 Å². The van der Waals surface area contributed by atoms with E-state index in [2.05, 4.69) is 4.74 Å². The van der Waals surface area contributed by atoms with E-state index >= 15 is 0 Å². The first-order valence-electron chi connectivity index (χ1n) is 6.92. The number of carbonyl (C=O) groups is 2. The molecular formula is C17H14F2O5. The molecule has 7 heteroatoms. The minimum absolute atomic E-state index is 0.0384. The predicted octanol–water partition coefficient (Wildman–Crippen LogP) is 3.34. The lowest BCUT2D eigenvalue weighted by Gasteiger charge is -2.08. The highest BCUT2D eigenvalue weighted by molar-refractivity contribution is 6.00. The topological polar surface area (TPSA) is 72.8 Å². The number of halogens is 2. The number of hydrogen-bond acceptors (Lipinski definition) is 5. The number of alkyl halides is 2. The van der Waals surface area contributed by atoms with E-state index < -0.39 is 25.0 Å². The molecule has 0 bridgehead atoms. The molecular weight excluding hydrogens is 322 g/mol. The largest absolute Gasteiger partial charge is 0.507 e. The fraction of sp³-hybridized carbons (Fsp3) is 0.176. The van der Waals surface area contributed by atoms with Crippen molar-refractivity contribution < 1.29 is 33.0 Å². The molecule has 0 aliphatic rings. The van der Waals surface area contributed by atoms with Gasteiger partial charge in [0.2, 0.25) is 0 Å². The molecule has 0 aromatic heterocycles. The first-order valence-corrected chi connectivity index (χ1v) is 6.92. The fourth-order valence-corrected chi connectivity index (χ4v) is 1.94. The van der Waals surface area contributed by atoms with Crippen LogP contribution in [0.4, 0.5) is 8.78 Å². The summed E-state index contributed by atoms with van der Waals surface area (Å²) in [4.78, 5) is 23.8. The Morgan fingerprint density at radius 2 is 1.79 bits per heavy atom. The molecule has 0 radical (unpaired) electrons. The van der Waals surface area contributed by atoms with Gasteiger partial charge in [-0.2, -0.15) is 8.78 Å². The van der Waals surface area contributed by atoms with Gasteiger partial charge in [-0.3, -0.25) is 4.79 Å². The third-order valence-electron chi connectivity index (χ3n) is 3.19. The van der Waals surface area contributed by atoms with Crippen molar-refractivity contribution >= 4 is 11.8 Å². The highest BCUT2D eigenvalue weighted by Crippen LogP contribution is 2.22. The number of Topliss-reactive ketones (excluding diaryl/α,β-unsaturated/α-hetero) is 1. The third kappa shape index (κ3) is 4.28. The van der Waals surface area contributed by atoms with Crippen LogP contribution >= 0.6 is 0 Å². The number of ketones is 1. The van der Waals surface area contributed by atoms with Crippen molar-refractivity contribution in [3.05, 3.63) is 59.2 Å². The Hall–Kier alpha value is -2.96. The van der Waals surface area contributed by atoms with Crippen molar-refractivity contribution in [2.45, 2.75) is 13.5 Å². The molecule has 2 aromatic carbocycles. The van der Waals surface area contributed by atoms with Crippen LogP contribution in [0.5, 0.6) is 11.5 Å². The number of para-hydroxylation sites is 1. The second-order valence-corrected chi connectivity index (χ2v) is 4.87. The summed E-state index contributed by atoms with van der Waals surface area (Å²) in [6, 6.07) is 9.60. The number of rotatable bonds is 6. The normalized spacial score (nSPS) is 10.5. The summed E-state index contributed by atoms with van der Waals surface area (Å²) < 4.78 is 33.1. The van der Waals surface area contributed by atoms with Crippen LogP contribution in [0.1, 0.15) is 26.3 Å². The van der Waals surface area contributed by atoms with Crippen molar-refractivity contribution in [1.29, 1.82) is 0 Å². The van der Waals surface area contributed by atoms with Crippen molar-refractivity contribution in [1.82, 2.24) is 0 Å². The zero-order valence-electron chi connectivity index (χ0n) is 12.7. The first-order chi connectivity index (χ1) is 11.4. The number of phenolic OH excluding ortho intramolecular Hbond substituents is 1. The minimum Gasteiger partial charge on any atom is -0.507 e. The van der Waals surface area contributed by atoms with E-state index in [1.54, 1.807) is 19.1 Å². The lowest BCUT2D eigenvalue weighted by Crippen LogP contribution is -2.14. The van der Waals surface area contributed by atoms with E-state index in [0.717, 1.165) is 0 Å². The van der Waals surface area contributed by atoms with Crippen LogP contribution in [0.15, 0.2) is 42.5 Å². The number of aryl methyl sites for hydroxylation is 1. The Bertz CT molecular complexity index is 741. The molecule has 0 amide bonds. The monoisotopic (exact) mass is 336 g/mol. The molecule has 5 nitrogen and oxygen atoms in total. The lowest BCUT2D eigenvalue weighted by atomic mass is 10.1. The number of phenols is 1. The number of hydrogen-bond donors (Lipinski definition) is 1. The van der Waals surface area contributed by atoms with E-state index in [1.807, 2.05) is 0 Å². The molecule has 0 unspecified atom stereocenters. The van der Waals surface area contributed by atoms with E-state index in [-0.39, 0.29) is 22.6 Å². The van der Waals surface area contributed by atoms with Crippen LogP contribution in [0.25, 0.3) is 0 Å². The molecule has 0 heterocycles. The Labute approximate surface area is 136 Å². The summed E-state index contributed by atoms with van der Waals surface area (Å²) in [5, 5.41) is 9.79. The molecule has 126 valence electrons. The van der Waals surface area contributed by atoms with Gasteiger partial charge < -0.3 is 14.6 Å². The highest BCUT2D eigenvalue weighted by atomic mass is 19.3. The van der Waals surface area contributed by atoms with Gasteiger partial charge in [0.15, 0.2) is 12.4 Å². The van der Waals surface area contributed by atoms with Gasteiger partial charge >= 0.3 is 12.6 Å². The van der Waals surface area contributed by atoms with Gasteiger partial charge in [-0.05, 0) is 42.8 Å². The van der Waals surface area contributed by atoms with Crippen LogP contribution < -0.4 is 4.74 Å². The molecule has 0 aliphatic heterocycles. The zero-order valence-corrected chi connectivity index (χ0v) is 12.7. The number of benzene rings is 2. The van der Waals surface area contributed by atoms with Gasteiger partial charge in [0.05, 0.1) is 0 Å². The molecule has 0 atom stereocenters. The summed E-state index contributed by atoms with van der Waals surface area (Å²) in [5.74, 6) is -1.63. The molecule has 0 saturated carbocycles. The van der Waals surface area contributed by atoms with Gasteiger partial charge in [0.1, 0.15) is 17.1 Å². The molecule has 24 heavy (non-hydrogen) atoms. The number of ether oxygens (including phenoxy) is 2. The number of esters is 1. The zero-order chi connectivity index (χ0) is 17.7. The Balaban J connectivity index is 1.97. The van der Waals surface area contributed by atoms with Gasteiger partial charge in [0, 0.05) is 5.56 Å². The standard InChI is InChI=1S/C17H14F2O5/c1-10-3-2-4-13(15(10)21)16(22)23-9-14(20)11-5-7-12(8-6-11)24-17(18)19/h2-8,17,21H,9H2,1H3. The average molecular weight is 336 g/mol. The van der Waals surface area contributed by atoms with Crippen molar-refractivity contribution in [2.24, 2.45) is 0 Å². The maximum Gasteiger partial charge on any atom is 0.387 e. The molecule has 2 rings (SSSR count). The van der Waals surface area contributed by atoms with Crippen molar-refractivity contribution in [2.75, 3.05) is 6.61 Å². The van der Waals surface area contributed by atoms with Crippen LogP contribution in [-0.4, -0.2) is 30.1 Å². The van der Waals surface area contributed by atoms with Crippen molar-refractivity contribution in [3.8, 4) is 11.5 Å². The molecule has 0 aliphatic carbocycles. The van der Waals surface area contributed by atoms with Crippen LogP contribution in [-0.2, 0) is 4.74 Å². The second kappa shape index (κ2) is 7.54. The van der Waals surface area contributed by atoms with Gasteiger partial charge in [-0.15, -0.1) is 0 Å². The van der Waals surface area contributed by atoms with Gasteiger partial charge in [-0.1, -0.05) is 12.1 Å². The maximum atomic E-state index is 12.0. The second-order valence-electron chi connectivity index (χ2n) is 4.87. The van der Waals surface area contributed by atoms with E-state index in [4.69, 9.17) is 4.74 Å². The minimum atomic E-state index is -2.95. The summed E-state index contributed by atoms with van der Waals surface area (Å²) in [6.45, 7) is -1.86. The van der Waals surface area contributed by atoms with Crippen molar-refractivity contribution in [3.63, 3.8) is 0 Å². The molecule has 1 N–H and O–H groups in total. The number of carbonyl (C=O) groups excluding carboxylic acids is 2. The van der Waals surface area contributed by atoms with E-state index in [1.165, 1.54) is 30.3 Å². The molecule has 2 aromatic rings. The van der Waals surface area contributed by atoms with E-state index in [9.17, 15) is 23.5 Å². The van der Waals surface area contributed by atoms with E-state index in [0.29, 0.717) is 5.56 Å². The summed E-state index contributed by atoms with van der Waals surface area (Å²) in [7, 11) is 0. The third-order valence-corrected chi connectivity index (χ3v) is 3.19. The summed E-state index contributed by atoms with van der Waals surface area (Å²) >= 11 is 0. The highest BCUT2D eigenvalue weighted by Gasteiger charge is 2.16. The lowest BCUT2D eigenvalue weighted by molar-refractivity contribution is -0.0498. The van der Waals surface area contributed by atoms with Crippen LogP contribution in [0, 0.1) is 6.92 Å². The SMILES string of the molecule is Cc1cccc(C(=O)OCC(=O)c2ccc(OC(F)F)cc2)c1O. The Kier molecular flexibility index (Phi) is 5.47. The predicted molar refractivity (Wildman–Crippen MR) is 80.5 cm³/mol. The van der Waals surface area contributed by atoms with Gasteiger partial charge in [0.25, 0.3) is 0 Å². The molecule has 0 saturated heterocycles. The Morgan fingerprint density at radius 1 is 1.12 bits per heavy atom. The number of aromatic hydroxyl groups is 1. The smallest absolute Gasteiger partial charge is 0.387 e. The Morgan fingerprint density at radius 3 is 2.42 bits per heavy atom. The van der Waals surface area contributed by atoms with Crippen LogP contribution in [0.3, 0.4) is 0 Å². The quantitative estimate of drug-likeness (QED) is 0.647. The summed E-state index contributed by atoms with van der Waals surface area (Å²) in [5.41, 5.74) is 0.645. The first kappa shape index (κ1) is 17.4. The average Bonchev–Trinajstić information content (AvgIpc) is 2.55. The molecule has 0 spiro atoms. The fourth-order valence-electron chi connectivity index (χ4n) is 1.94. The molecule has 0 fully saturated rings.